The van der Waals surface area contributed by atoms with Crippen molar-refractivity contribution in [3.05, 3.63) is 32.8 Å². The minimum atomic E-state index is -0.149. The summed E-state index contributed by atoms with van der Waals surface area (Å²) in [5.41, 5.74) is 1.31. The number of aliphatic hydroxyl groups excluding tert-OH is 1. The third-order valence-electron chi connectivity index (χ3n) is 2.99. The van der Waals surface area contributed by atoms with E-state index in [1.807, 2.05) is 13.0 Å². The minimum absolute atomic E-state index is 0.0168. The van der Waals surface area contributed by atoms with Gasteiger partial charge in [-0.15, -0.1) is 0 Å². The maximum absolute atomic E-state index is 11.8. The third-order valence-corrected chi connectivity index (χ3v) is 3.64. The van der Waals surface area contributed by atoms with Crippen LogP contribution in [0.2, 0.25) is 0 Å². The first kappa shape index (κ1) is 14.0. The summed E-state index contributed by atoms with van der Waals surface area (Å²) in [6, 6.07) is 3.55. The summed E-state index contributed by atoms with van der Waals surface area (Å²) < 4.78 is 0.781. The van der Waals surface area contributed by atoms with Gasteiger partial charge in [0.05, 0.1) is 23.2 Å². The molecule has 0 aliphatic heterocycles. The SMILES string of the molecule is CCC(CO)Nc1cc2nc(C)[nH]c(=O)c2cc1Br. The minimum Gasteiger partial charge on any atom is -0.394 e. The summed E-state index contributed by atoms with van der Waals surface area (Å²) in [7, 11) is 0. The molecule has 5 nitrogen and oxygen atoms in total. The van der Waals surface area contributed by atoms with E-state index in [0.29, 0.717) is 16.7 Å². The molecule has 19 heavy (non-hydrogen) atoms. The number of anilines is 1. The first-order valence-corrected chi connectivity index (χ1v) is 6.92. The zero-order valence-electron chi connectivity index (χ0n) is 10.8. The predicted molar refractivity (Wildman–Crippen MR) is 79.6 cm³/mol. The van der Waals surface area contributed by atoms with E-state index in [4.69, 9.17) is 0 Å². The summed E-state index contributed by atoms with van der Waals surface area (Å²) in [5, 5.41) is 13.0. The lowest BCUT2D eigenvalue weighted by molar-refractivity contribution is 0.272. The number of rotatable bonds is 4. The highest BCUT2D eigenvalue weighted by molar-refractivity contribution is 9.10. The molecule has 0 fully saturated rings. The van der Waals surface area contributed by atoms with Crippen molar-refractivity contribution in [2.75, 3.05) is 11.9 Å². The number of aliphatic hydroxyl groups is 1. The van der Waals surface area contributed by atoms with Gasteiger partial charge in [0.15, 0.2) is 0 Å². The van der Waals surface area contributed by atoms with Crippen LogP contribution in [-0.4, -0.2) is 27.7 Å². The molecule has 1 unspecified atom stereocenters. The Hall–Kier alpha value is -1.40. The zero-order chi connectivity index (χ0) is 14.0. The zero-order valence-corrected chi connectivity index (χ0v) is 12.4. The summed E-state index contributed by atoms with van der Waals surface area (Å²) in [5.74, 6) is 0.583. The summed E-state index contributed by atoms with van der Waals surface area (Å²) >= 11 is 3.43. The highest BCUT2D eigenvalue weighted by Crippen LogP contribution is 2.27. The maximum Gasteiger partial charge on any atom is 0.258 e. The molecule has 0 saturated heterocycles. The highest BCUT2D eigenvalue weighted by atomic mass is 79.9. The first-order chi connectivity index (χ1) is 9.05. The van der Waals surface area contributed by atoms with E-state index in [2.05, 4.69) is 31.2 Å². The van der Waals surface area contributed by atoms with Gasteiger partial charge in [0.2, 0.25) is 0 Å². The molecule has 3 N–H and O–H groups in total. The number of hydrogen-bond donors (Lipinski definition) is 3. The van der Waals surface area contributed by atoms with Gasteiger partial charge >= 0.3 is 0 Å². The Labute approximate surface area is 119 Å². The fourth-order valence-corrected chi connectivity index (χ4v) is 2.34. The fraction of sp³-hybridized carbons (Fsp3) is 0.385. The van der Waals surface area contributed by atoms with Gasteiger partial charge in [-0.05, 0) is 41.4 Å². The number of benzene rings is 1. The standard InChI is InChI=1S/C13H16BrN3O2/c1-3-8(6-18)17-12-5-11-9(4-10(12)14)13(19)16-7(2)15-11/h4-5,8,17-18H,3,6H2,1-2H3,(H,15,16,19). The molecule has 1 aromatic carbocycles. The van der Waals surface area contributed by atoms with Crippen LogP contribution in [0, 0.1) is 6.92 Å². The lowest BCUT2D eigenvalue weighted by atomic mass is 10.2. The van der Waals surface area contributed by atoms with Crippen molar-refractivity contribution in [2.24, 2.45) is 0 Å². The molecule has 1 heterocycles. The molecular weight excluding hydrogens is 310 g/mol. The molecule has 0 amide bonds. The number of aryl methyl sites for hydroxylation is 1. The van der Waals surface area contributed by atoms with Crippen molar-refractivity contribution >= 4 is 32.5 Å². The van der Waals surface area contributed by atoms with Crippen molar-refractivity contribution < 1.29 is 5.11 Å². The second-order valence-electron chi connectivity index (χ2n) is 4.43. The van der Waals surface area contributed by atoms with Crippen molar-refractivity contribution in [1.29, 1.82) is 0 Å². The molecule has 0 radical (unpaired) electrons. The molecule has 0 aliphatic rings. The molecule has 1 atom stereocenters. The average molecular weight is 326 g/mol. The van der Waals surface area contributed by atoms with E-state index < -0.39 is 0 Å². The Kier molecular flexibility index (Phi) is 4.21. The number of H-pyrrole nitrogens is 1. The average Bonchev–Trinajstić information content (AvgIpc) is 2.37. The van der Waals surface area contributed by atoms with Crippen LogP contribution in [0.1, 0.15) is 19.2 Å². The van der Waals surface area contributed by atoms with E-state index in [-0.39, 0.29) is 18.2 Å². The van der Waals surface area contributed by atoms with Gasteiger partial charge in [0, 0.05) is 10.5 Å². The molecule has 0 saturated carbocycles. The molecule has 0 bridgehead atoms. The second-order valence-corrected chi connectivity index (χ2v) is 5.29. The second kappa shape index (κ2) is 5.71. The molecule has 0 spiro atoms. The lowest BCUT2D eigenvalue weighted by Gasteiger charge is -2.17. The van der Waals surface area contributed by atoms with Gasteiger partial charge in [-0.25, -0.2) is 4.98 Å². The number of aromatic nitrogens is 2. The molecule has 6 heteroatoms. The maximum atomic E-state index is 11.8. The Morgan fingerprint density at radius 1 is 1.53 bits per heavy atom. The Morgan fingerprint density at radius 3 is 2.89 bits per heavy atom. The molecule has 0 aliphatic carbocycles. The van der Waals surface area contributed by atoms with Gasteiger partial charge in [-0.3, -0.25) is 4.79 Å². The van der Waals surface area contributed by atoms with Crippen LogP contribution in [-0.2, 0) is 0 Å². The molecule has 2 rings (SSSR count). The van der Waals surface area contributed by atoms with Gasteiger partial charge < -0.3 is 15.4 Å². The van der Waals surface area contributed by atoms with Crippen LogP contribution < -0.4 is 10.9 Å². The largest absolute Gasteiger partial charge is 0.394 e. The van der Waals surface area contributed by atoms with E-state index in [1.165, 1.54) is 0 Å². The number of fused-ring (bicyclic) bond motifs is 1. The van der Waals surface area contributed by atoms with Gasteiger partial charge in [-0.2, -0.15) is 0 Å². The van der Waals surface area contributed by atoms with Gasteiger partial charge in [0.1, 0.15) is 5.82 Å². The smallest absolute Gasteiger partial charge is 0.258 e. The summed E-state index contributed by atoms with van der Waals surface area (Å²) in [6.45, 7) is 3.80. The number of halogens is 1. The Morgan fingerprint density at radius 2 is 2.26 bits per heavy atom. The van der Waals surface area contributed by atoms with Crippen LogP contribution in [0.15, 0.2) is 21.4 Å². The quantitative estimate of drug-likeness (QED) is 0.805. The van der Waals surface area contributed by atoms with Crippen LogP contribution in [0.5, 0.6) is 0 Å². The predicted octanol–water partition coefficient (Wildman–Crippen LogP) is 2.18. The van der Waals surface area contributed by atoms with Gasteiger partial charge in [-0.1, -0.05) is 6.92 Å². The van der Waals surface area contributed by atoms with Crippen LogP contribution >= 0.6 is 15.9 Å². The molecule has 1 aromatic heterocycles. The van der Waals surface area contributed by atoms with Crippen molar-refractivity contribution in [3.8, 4) is 0 Å². The van der Waals surface area contributed by atoms with E-state index >= 15 is 0 Å². The fourth-order valence-electron chi connectivity index (χ4n) is 1.88. The Bertz CT molecular complexity index is 650. The summed E-state index contributed by atoms with van der Waals surface area (Å²) in [6.07, 6.45) is 0.808. The van der Waals surface area contributed by atoms with Gasteiger partial charge in [0.25, 0.3) is 5.56 Å². The van der Waals surface area contributed by atoms with Crippen molar-refractivity contribution in [1.82, 2.24) is 9.97 Å². The van der Waals surface area contributed by atoms with Crippen molar-refractivity contribution in [2.45, 2.75) is 26.3 Å². The molecule has 102 valence electrons. The highest BCUT2D eigenvalue weighted by Gasteiger charge is 2.10. The lowest BCUT2D eigenvalue weighted by Crippen LogP contribution is -2.23. The van der Waals surface area contributed by atoms with E-state index in [1.54, 1.807) is 13.0 Å². The third kappa shape index (κ3) is 2.96. The topological polar surface area (TPSA) is 78.0 Å². The van der Waals surface area contributed by atoms with Crippen molar-refractivity contribution in [3.63, 3.8) is 0 Å². The Balaban J connectivity index is 2.52. The van der Waals surface area contributed by atoms with Crippen LogP contribution in [0.25, 0.3) is 10.9 Å². The summed E-state index contributed by atoms with van der Waals surface area (Å²) in [4.78, 5) is 18.8. The molecule has 2 aromatic rings. The van der Waals surface area contributed by atoms with E-state index in [0.717, 1.165) is 16.6 Å². The number of nitrogens with one attached hydrogen (secondary N) is 2. The normalized spacial score (nSPS) is 12.6. The van der Waals surface area contributed by atoms with Crippen LogP contribution in [0.4, 0.5) is 5.69 Å². The van der Waals surface area contributed by atoms with E-state index in [9.17, 15) is 9.90 Å². The monoisotopic (exact) mass is 325 g/mol. The molecular formula is C13H16BrN3O2. The number of aromatic amines is 1. The first-order valence-electron chi connectivity index (χ1n) is 6.12. The number of nitrogens with zero attached hydrogens (tertiary/aromatic N) is 1. The number of hydrogen-bond acceptors (Lipinski definition) is 4. The van der Waals surface area contributed by atoms with Crippen LogP contribution in [0.3, 0.4) is 0 Å².